The van der Waals surface area contributed by atoms with Crippen LogP contribution in [-0.2, 0) is 53.7 Å². The predicted molar refractivity (Wildman–Crippen MR) is 395 cm³/mol. The van der Waals surface area contributed by atoms with Gasteiger partial charge in [0.15, 0.2) is 5.71 Å². The molecule has 584 valence electrons. The molecule has 1 fully saturated rings. The third-order valence-electron chi connectivity index (χ3n) is 15.8. The van der Waals surface area contributed by atoms with Gasteiger partial charge in [-0.1, -0.05) is 241 Å². The molecule has 103 heavy (non-hydrogen) atoms. The number of rotatable bonds is 22. The smallest absolute Gasteiger partial charge is 0.504 e. The van der Waals surface area contributed by atoms with Gasteiger partial charge in [0.25, 0.3) is 19.7 Å². The van der Waals surface area contributed by atoms with Gasteiger partial charge >= 0.3 is 53.2 Å². The summed E-state index contributed by atoms with van der Waals surface area (Å²) in [5.74, 6) is -6.86. The van der Waals surface area contributed by atoms with Crippen LogP contribution >= 0.6 is 0 Å². The van der Waals surface area contributed by atoms with Crippen molar-refractivity contribution in [1.82, 2.24) is 0 Å². The molecule has 29 heteroatoms. The molecule has 0 aromatic heterocycles. The molecule has 6 aromatic carbocycles. The number of carbonyl (C=O) groups is 1. The van der Waals surface area contributed by atoms with Crippen molar-refractivity contribution in [3.05, 3.63) is 197 Å². The zero-order valence-electron chi connectivity index (χ0n) is 53.4. The highest BCUT2D eigenvalue weighted by atomic mass is 32.3. The van der Waals surface area contributed by atoms with Crippen LogP contribution in [0.1, 0.15) is 225 Å². The van der Waals surface area contributed by atoms with Crippen molar-refractivity contribution in [2.24, 2.45) is 16.5 Å². The van der Waals surface area contributed by atoms with Gasteiger partial charge in [0.05, 0.1) is 15.2 Å². The van der Waals surface area contributed by atoms with Gasteiger partial charge in [0.2, 0.25) is 0 Å². The second-order valence-electron chi connectivity index (χ2n) is 22.8. The highest BCUT2D eigenvalue weighted by Gasteiger charge is 2.84. The van der Waals surface area contributed by atoms with E-state index in [9.17, 15) is 78.0 Å². The number of sulfone groups is 2. The van der Waals surface area contributed by atoms with Crippen LogP contribution in [0.4, 0.5) is 39.5 Å². The Balaban J connectivity index is -0.000000435. The predicted octanol–water partition coefficient (Wildman–Crippen LogP) is 22.0. The summed E-state index contributed by atoms with van der Waals surface area (Å²) in [5, 5.41) is -3.16. The van der Waals surface area contributed by atoms with E-state index < -0.39 is 89.3 Å². The highest BCUT2D eigenvalue weighted by molar-refractivity contribution is 8.31. The Bertz CT molecular complexity index is 4020. The summed E-state index contributed by atoms with van der Waals surface area (Å²) < 4.78 is 234. The first kappa shape index (κ1) is 104. The molecule has 0 bridgehead atoms. The van der Waals surface area contributed by atoms with Crippen LogP contribution in [-0.4, -0.2) is 82.2 Å². The third kappa shape index (κ3) is 26.2. The Morgan fingerprint density at radius 2 is 0.883 bits per heavy atom. The van der Waals surface area contributed by atoms with E-state index in [0.29, 0.717) is 41.7 Å². The Kier molecular flexibility index (Phi) is 44.1. The topological polar surface area (TPSA) is 250 Å². The quantitative estimate of drug-likeness (QED) is 0.00971. The summed E-state index contributed by atoms with van der Waals surface area (Å²) in [4.78, 5) is 14.5. The second-order valence-corrected chi connectivity index (χ2v) is 30.0. The molecule has 16 nitrogen and oxygen atoms in total. The lowest BCUT2D eigenvalue weighted by atomic mass is 9.89. The molecule has 0 saturated heterocycles. The average molecular weight is 1550 g/mol. The molecule has 1 N–H and O–H groups in total. The van der Waals surface area contributed by atoms with Gasteiger partial charge in [-0.2, -0.15) is 56.3 Å². The number of esters is 1. The van der Waals surface area contributed by atoms with E-state index in [-0.39, 0.29) is 93.1 Å². The maximum atomic E-state index is 14.3. The van der Waals surface area contributed by atoms with Crippen LogP contribution in [0.2, 0.25) is 0 Å². The number of ether oxygens (including phenoxy) is 1. The fourth-order valence-corrected chi connectivity index (χ4v) is 13.9. The molecule has 4 atom stereocenters. The minimum atomic E-state index is -7.49. The van der Waals surface area contributed by atoms with Crippen LogP contribution in [0.5, 0.6) is 11.5 Å². The van der Waals surface area contributed by atoms with Crippen LogP contribution in [0.3, 0.4) is 0 Å². The number of alkyl halides is 9. The maximum Gasteiger partial charge on any atom is 0.504 e. The van der Waals surface area contributed by atoms with Crippen molar-refractivity contribution in [2.75, 3.05) is 0 Å². The van der Waals surface area contributed by atoms with Crippen molar-refractivity contribution in [1.29, 1.82) is 0 Å². The molecule has 0 heterocycles. The molecule has 0 spiro atoms. The number of nitrogens with zero attached hydrogens (tertiary/aromatic N) is 3. The van der Waals surface area contributed by atoms with E-state index >= 15 is 0 Å². The van der Waals surface area contributed by atoms with E-state index in [1.54, 1.807) is 44.2 Å². The molecule has 1 aliphatic carbocycles. The molecule has 1 aliphatic rings. The van der Waals surface area contributed by atoms with Gasteiger partial charge in [-0.15, -0.1) is 4.79 Å². The van der Waals surface area contributed by atoms with Crippen molar-refractivity contribution >= 4 is 56.0 Å². The second kappa shape index (κ2) is 43.6. The molecule has 6 aromatic rings. The minimum Gasteiger partial charge on any atom is -0.508 e. The molecule has 4 unspecified atom stereocenters. The van der Waals surface area contributed by atoms with Crippen LogP contribution in [0.15, 0.2) is 179 Å². The molecular formula is C74H108F9N3O13S4. The van der Waals surface area contributed by atoms with E-state index in [0.717, 1.165) is 54.7 Å². The first-order chi connectivity index (χ1) is 44.1. The summed E-state index contributed by atoms with van der Waals surface area (Å²) in [6.45, 7) is 17.8. The molecule has 0 radical (unpaired) electrons. The number of phenolic OH excluding ortho intramolecular Hbond substituents is 1. The third-order valence-corrected chi connectivity index (χ3v) is 22.5. The monoisotopic (exact) mass is 1550 g/mol. The molecule has 7 rings (SSSR count). The summed E-state index contributed by atoms with van der Waals surface area (Å²) in [7, 11) is -23.5. The fraction of sp³-hybridized carbons (Fsp3) is 0.473. The van der Waals surface area contributed by atoms with Gasteiger partial charge in [-0.25, -0.2) is 16.8 Å². The average Bonchev–Trinajstić information content (AvgIpc) is 0.853. The first-order valence-corrected chi connectivity index (χ1v) is 35.7. The summed E-state index contributed by atoms with van der Waals surface area (Å²) in [5.41, 5.74) is 9.37. The van der Waals surface area contributed by atoms with E-state index in [2.05, 4.69) is 39.2 Å². The Labute approximate surface area is 608 Å². The van der Waals surface area contributed by atoms with Crippen LogP contribution in [0.25, 0.3) is 5.53 Å². The number of hydrogen-bond donors (Lipinski definition) is 1. The van der Waals surface area contributed by atoms with Crippen molar-refractivity contribution in [3.8, 4) is 11.5 Å². The number of benzene rings is 6. The van der Waals surface area contributed by atoms with Gasteiger partial charge < -0.3 is 19.6 Å². The number of halogens is 9. The largest absolute Gasteiger partial charge is 0.508 e. The Morgan fingerprint density at radius 3 is 1.26 bits per heavy atom. The molecule has 0 amide bonds. The summed E-state index contributed by atoms with van der Waals surface area (Å²) in [6.07, 6.45) is 2.59. The van der Waals surface area contributed by atoms with Crippen molar-refractivity contribution in [3.63, 3.8) is 0 Å². The number of aromatic hydroxyl groups is 1. The Morgan fingerprint density at radius 1 is 0.524 bits per heavy atom. The Hall–Kier alpha value is -7.59. The summed E-state index contributed by atoms with van der Waals surface area (Å²) in [6, 6.07) is 38.8. The standard InChI is InChI=1S/C21H18F9NO6S2.C18H26O2.C17H18N2O4S2.C10H14O.8CH4/c1-3-13(2)14-9-11-16(12-10-14)36-38(32,33)20(27,28)19(25,26)21(29,30)39(34,35)37-31-17(18(22,23)24)15-7-5-4-6-8-15;1-4-18(2,3)17(19)20-16(15-12-8-9-13-15)14-10-6-5-7-11-14;1-3-13(2)14-9-11-16(12-10-14)25(22,23)17(19-18)24(20,21)15-7-5-4-6-8-15;1-3-8(2)9-4-6-10(11)7-5-9;;;;;;;;/h4-13H,3H2,1-2H3;5-7,10-11,15-16H,4,8-9,12-13H2,1-3H3;4-13H,3H2,1-2H3;4-8,11H,3H2,1-2H3;8*1H4/b31-17-;;;;;;;;;;;. The fourth-order valence-electron chi connectivity index (χ4n) is 8.81. The zero-order chi connectivity index (χ0) is 71.6. The maximum absolute atomic E-state index is 14.3. The number of carbonyl (C=O) groups excluding carboxylic acids is 1. The lowest BCUT2D eigenvalue weighted by molar-refractivity contribution is -0.247. The molecular weight excluding hydrogens is 1440 g/mol. The lowest BCUT2D eigenvalue weighted by Gasteiger charge is -2.30. The SMILES string of the molecule is C.C.C.C.C.C.C.C.CCC(C)(C)C(=O)OC(c1ccccc1)C1CCCC1.CCC(C)c1ccc(O)cc1.CCC(C)c1ccc(OS(=O)(=O)C(F)(F)C(F)(F)C(F)(F)S(=O)(=O)O/N=C(/c2ccccc2)C(F)(F)F)cc1.CCC(C)c1ccc(S(=O)(=O)C(=[N+]=[N-])S(=O)(=O)c2ccccc2)cc1. The van der Waals surface area contributed by atoms with Crippen LogP contribution in [0, 0.1) is 11.3 Å². The van der Waals surface area contributed by atoms with Gasteiger partial charge in [-0.3, -0.25) is 9.08 Å². The highest BCUT2D eigenvalue weighted by Crippen LogP contribution is 2.52. The number of hydrogen-bond acceptors (Lipinski definition) is 14. The minimum absolute atomic E-state index is 0. The number of phenols is 1. The number of oxime groups is 1. The molecule has 0 aliphatic heterocycles. The van der Waals surface area contributed by atoms with E-state index in [1.807, 2.05) is 70.1 Å². The van der Waals surface area contributed by atoms with Crippen molar-refractivity contribution < 1.29 is 101 Å². The summed E-state index contributed by atoms with van der Waals surface area (Å²) >= 11 is 0. The lowest BCUT2D eigenvalue weighted by Crippen LogP contribution is -2.61. The van der Waals surface area contributed by atoms with E-state index in [4.69, 9.17) is 15.4 Å². The van der Waals surface area contributed by atoms with Gasteiger partial charge in [-0.05, 0) is 141 Å². The first-order valence-electron chi connectivity index (χ1n) is 29.9. The van der Waals surface area contributed by atoms with Crippen molar-refractivity contribution in [2.45, 2.75) is 229 Å². The van der Waals surface area contributed by atoms with Gasteiger partial charge in [0, 0.05) is 11.5 Å². The van der Waals surface area contributed by atoms with Gasteiger partial charge in [0.1, 0.15) is 17.6 Å². The molecule has 1 saturated carbocycles. The normalized spacial score (nSPS) is 13.7. The zero-order valence-corrected chi connectivity index (χ0v) is 56.6. The van der Waals surface area contributed by atoms with E-state index in [1.165, 1.54) is 85.8 Å². The van der Waals surface area contributed by atoms with Crippen LogP contribution < -0.4 is 4.18 Å².